The summed E-state index contributed by atoms with van der Waals surface area (Å²) in [6, 6.07) is 16.6. The number of hydrogen-bond acceptors (Lipinski definition) is 3. The van der Waals surface area contributed by atoms with E-state index in [2.05, 4.69) is 45.1 Å². The second kappa shape index (κ2) is 7.53. The predicted octanol–water partition coefficient (Wildman–Crippen LogP) is 3.23. The third-order valence-corrected chi connectivity index (χ3v) is 5.07. The molecule has 0 unspecified atom stereocenters. The minimum atomic E-state index is -0.0395. The Balaban J connectivity index is 1.49. The van der Waals surface area contributed by atoms with Gasteiger partial charge in [0.1, 0.15) is 5.82 Å². The summed E-state index contributed by atoms with van der Waals surface area (Å²) in [6.07, 6.45) is 1.06. The molecule has 3 aromatic rings. The van der Waals surface area contributed by atoms with Crippen LogP contribution in [0.4, 0.5) is 0 Å². The molecule has 0 atom stereocenters. The van der Waals surface area contributed by atoms with E-state index in [-0.39, 0.29) is 11.9 Å². The summed E-state index contributed by atoms with van der Waals surface area (Å²) in [5, 5.41) is 2.94. The fraction of sp³-hybridized carbons (Fsp3) is 0.364. The average Bonchev–Trinajstić information content (AvgIpc) is 3.03. The zero-order valence-electron chi connectivity index (χ0n) is 16.0. The number of imidazole rings is 1. The van der Waals surface area contributed by atoms with Gasteiger partial charge in [0.25, 0.3) is 5.91 Å². The van der Waals surface area contributed by atoms with Gasteiger partial charge in [0, 0.05) is 31.2 Å². The monoisotopic (exact) mass is 362 g/mol. The zero-order valence-corrected chi connectivity index (χ0v) is 16.0. The Labute approximate surface area is 160 Å². The molecule has 2 aromatic carbocycles. The molecular weight excluding hydrogens is 336 g/mol. The van der Waals surface area contributed by atoms with Crippen LogP contribution in [-0.4, -0.2) is 39.5 Å². The van der Waals surface area contributed by atoms with Crippen LogP contribution in [-0.2, 0) is 19.5 Å². The summed E-state index contributed by atoms with van der Waals surface area (Å²) in [5.74, 6) is 1.05. The second-order valence-corrected chi connectivity index (χ2v) is 7.52. The average molecular weight is 362 g/mol. The van der Waals surface area contributed by atoms with Crippen LogP contribution in [0.25, 0.3) is 11.0 Å². The fourth-order valence-electron chi connectivity index (χ4n) is 3.68. The van der Waals surface area contributed by atoms with Gasteiger partial charge < -0.3 is 9.88 Å². The molecule has 1 N–H and O–H groups in total. The second-order valence-electron chi connectivity index (χ2n) is 7.52. The van der Waals surface area contributed by atoms with Crippen molar-refractivity contribution >= 4 is 16.9 Å². The summed E-state index contributed by atoms with van der Waals surface area (Å²) >= 11 is 0. The fourth-order valence-corrected chi connectivity index (χ4v) is 3.68. The number of carbonyl (C=O) groups excluding carboxylic acids is 1. The third kappa shape index (κ3) is 3.88. The maximum Gasteiger partial charge on any atom is 0.251 e. The first kappa shape index (κ1) is 17.7. The van der Waals surface area contributed by atoms with Crippen molar-refractivity contribution in [2.24, 2.45) is 0 Å². The predicted molar refractivity (Wildman–Crippen MR) is 108 cm³/mol. The lowest BCUT2D eigenvalue weighted by molar-refractivity contribution is 0.0943. The molecule has 140 valence electrons. The van der Waals surface area contributed by atoms with Gasteiger partial charge in [0.15, 0.2) is 0 Å². The number of amides is 1. The van der Waals surface area contributed by atoms with Gasteiger partial charge in [-0.25, -0.2) is 4.98 Å². The van der Waals surface area contributed by atoms with E-state index in [4.69, 9.17) is 4.98 Å². The van der Waals surface area contributed by atoms with Crippen molar-refractivity contribution in [3.8, 4) is 0 Å². The molecule has 2 heterocycles. The SMILES string of the molecule is CC(C)NC(=O)c1ccc2c(c1)nc1n2CCN(CCc2ccccc2)C1. The molecule has 0 saturated heterocycles. The molecule has 5 heteroatoms. The van der Waals surface area contributed by atoms with Crippen molar-refractivity contribution in [3.63, 3.8) is 0 Å². The first-order valence-electron chi connectivity index (χ1n) is 9.66. The summed E-state index contributed by atoms with van der Waals surface area (Å²) in [7, 11) is 0. The van der Waals surface area contributed by atoms with E-state index in [1.807, 2.05) is 32.0 Å². The molecule has 1 amide bonds. The Hall–Kier alpha value is -2.66. The molecule has 0 radical (unpaired) electrons. The Kier molecular flexibility index (Phi) is 4.94. The lowest BCUT2D eigenvalue weighted by Gasteiger charge is -2.27. The molecule has 1 aliphatic rings. The van der Waals surface area contributed by atoms with Gasteiger partial charge in [-0.2, -0.15) is 0 Å². The molecular formula is C22H26N4O. The summed E-state index contributed by atoms with van der Waals surface area (Å²) in [5.41, 5.74) is 4.07. The molecule has 27 heavy (non-hydrogen) atoms. The van der Waals surface area contributed by atoms with Gasteiger partial charge in [-0.3, -0.25) is 9.69 Å². The lowest BCUT2D eigenvalue weighted by atomic mass is 10.1. The minimum Gasteiger partial charge on any atom is -0.350 e. The summed E-state index contributed by atoms with van der Waals surface area (Å²) in [4.78, 5) is 19.5. The van der Waals surface area contributed by atoms with Crippen LogP contribution in [0.1, 0.15) is 35.6 Å². The van der Waals surface area contributed by atoms with Gasteiger partial charge in [-0.05, 0) is 44.0 Å². The molecule has 4 rings (SSSR count). The van der Waals surface area contributed by atoms with Crippen molar-refractivity contribution < 1.29 is 4.79 Å². The first-order valence-corrected chi connectivity index (χ1v) is 9.66. The highest BCUT2D eigenvalue weighted by Crippen LogP contribution is 2.22. The van der Waals surface area contributed by atoms with Crippen LogP contribution >= 0.6 is 0 Å². The van der Waals surface area contributed by atoms with E-state index in [1.54, 1.807) is 0 Å². The highest BCUT2D eigenvalue weighted by Gasteiger charge is 2.20. The number of carbonyl (C=O) groups is 1. The normalized spacial score (nSPS) is 14.5. The molecule has 5 nitrogen and oxygen atoms in total. The van der Waals surface area contributed by atoms with Gasteiger partial charge in [-0.15, -0.1) is 0 Å². The molecule has 1 aliphatic heterocycles. The van der Waals surface area contributed by atoms with Crippen LogP contribution in [0, 0.1) is 0 Å². The van der Waals surface area contributed by atoms with Crippen LogP contribution in [0.3, 0.4) is 0 Å². The number of rotatable bonds is 5. The molecule has 0 spiro atoms. The van der Waals surface area contributed by atoms with Gasteiger partial charge in [0.05, 0.1) is 17.6 Å². The number of aromatic nitrogens is 2. The Bertz CT molecular complexity index is 946. The number of fused-ring (bicyclic) bond motifs is 3. The van der Waals surface area contributed by atoms with E-state index >= 15 is 0 Å². The molecule has 0 fully saturated rings. The lowest BCUT2D eigenvalue weighted by Crippen LogP contribution is -2.35. The van der Waals surface area contributed by atoms with Gasteiger partial charge in [0.2, 0.25) is 0 Å². The van der Waals surface area contributed by atoms with Crippen LogP contribution in [0.15, 0.2) is 48.5 Å². The smallest absolute Gasteiger partial charge is 0.251 e. The maximum atomic E-state index is 12.3. The highest BCUT2D eigenvalue weighted by atomic mass is 16.1. The topological polar surface area (TPSA) is 50.2 Å². The molecule has 0 aliphatic carbocycles. The molecule has 0 saturated carbocycles. The quantitative estimate of drug-likeness (QED) is 0.758. The Morgan fingerprint density at radius 3 is 2.74 bits per heavy atom. The molecule has 1 aromatic heterocycles. The standard InChI is InChI=1S/C22H26N4O/c1-16(2)23-22(27)18-8-9-20-19(14-18)24-21-15-25(12-13-26(20)21)11-10-17-6-4-3-5-7-17/h3-9,14,16H,10-13,15H2,1-2H3,(H,23,27). The van der Waals surface area contributed by atoms with Gasteiger partial charge >= 0.3 is 0 Å². The van der Waals surface area contributed by atoms with Crippen molar-refractivity contribution in [3.05, 3.63) is 65.5 Å². The van der Waals surface area contributed by atoms with Crippen LogP contribution in [0.5, 0.6) is 0 Å². The van der Waals surface area contributed by atoms with E-state index in [0.717, 1.165) is 49.5 Å². The summed E-state index contributed by atoms with van der Waals surface area (Å²) < 4.78 is 2.29. The van der Waals surface area contributed by atoms with Crippen LogP contribution < -0.4 is 5.32 Å². The van der Waals surface area contributed by atoms with E-state index in [1.165, 1.54) is 5.56 Å². The number of nitrogens with one attached hydrogen (secondary N) is 1. The molecule has 0 bridgehead atoms. The number of nitrogens with zero attached hydrogens (tertiary/aromatic N) is 3. The number of benzene rings is 2. The van der Waals surface area contributed by atoms with Crippen molar-refractivity contribution in [2.75, 3.05) is 13.1 Å². The number of hydrogen-bond donors (Lipinski definition) is 1. The highest BCUT2D eigenvalue weighted by molar-refractivity contribution is 5.97. The van der Waals surface area contributed by atoms with Crippen molar-refractivity contribution in [2.45, 2.75) is 39.4 Å². The Morgan fingerprint density at radius 1 is 1.15 bits per heavy atom. The van der Waals surface area contributed by atoms with Crippen molar-refractivity contribution in [1.82, 2.24) is 19.8 Å². The van der Waals surface area contributed by atoms with E-state index < -0.39 is 0 Å². The minimum absolute atomic E-state index is 0.0395. The third-order valence-electron chi connectivity index (χ3n) is 5.07. The zero-order chi connectivity index (χ0) is 18.8. The van der Waals surface area contributed by atoms with Crippen molar-refractivity contribution in [1.29, 1.82) is 0 Å². The maximum absolute atomic E-state index is 12.3. The van der Waals surface area contributed by atoms with E-state index in [9.17, 15) is 4.79 Å². The first-order chi connectivity index (χ1) is 13.1. The van der Waals surface area contributed by atoms with Crippen LogP contribution in [0.2, 0.25) is 0 Å². The van der Waals surface area contributed by atoms with Gasteiger partial charge in [-0.1, -0.05) is 30.3 Å². The van der Waals surface area contributed by atoms with E-state index in [0.29, 0.717) is 5.56 Å². The summed E-state index contributed by atoms with van der Waals surface area (Å²) in [6.45, 7) is 7.80. The largest absolute Gasteiger partial charge is 0.350 e. The Morgan fingerprint density at radius 2 is 1.96 bits per heavy atom.